The first-order chi connectivity index (χ1) is 8.54. The number of aromatic carboxylic acids is 1. The van der Waals surface area contributed by atoms with Gasteiger partial charge in [0.2, 0.25) is 0 Å². The van der Waals surface area contributed by atoms with Crippen LogP contribution in [-0.2, 0) is 11.3 Å². The second kappa shape index (κ2) is 5.04. The standard InChI is InChI=1S/C13H12BrNO3/c1-7-10(6-18-2)12(13(16)17)9-4-3-8(14)5-11(9)15-7/h3-5H,6H2,1-2H3,(H,16,17). The van der Waals surface area contributed by atoms with Gasteiger partial charge in [-0.25, -0.2) is 4.79 Å². The Hall–Kier alpha value is -1.46. The maximum absolute atomic E-state index is 11.5. The van der Waals surface area contributed by atoms with Gasteiger partial charge in [0.05, 0.1) is 17.7 Å². The molecule has 0 aliphatic heterocycles. The van der Waals surface area contributed by atoms with Gasteiger partial charge in [-0.3, -0.25) is 4.98 Å². The average Bonchev–Trinajstić information content (AvgIpc) is 2.29. The number of benzene rings is 1. The molecule has 1 aromatic carbocycles. The van der Waals surface area contributed by atoms with Crippen molar-refractivity contribution < 1.29 is 14.6 Å². The van der Waals surface area contributed by atoms with E-state index in [1.807, 2.05) is 12.1 Å². The summed E-state index contributed by atoms with van der Waals surface area (Å²) in [6.45, 7) is 2.04. The lowest BCUT2D eigenvalue weighted by Gasteiger charge is -2.12. The third-order valence-corrected chi connectivity index (χ3v) is 3.25. The lowest BCUT2D eigenvalue weighted by Crippen LogP contribution is -2.08. The SMILES string of the molecule is COCc1c(C)nc2cc(Br)ccc2c1C(=O)O. The molecule has 0 aliphatic carbocycles. The normalized spacial score (nSPS) is 10.8. The van der Waals surface area contributed by atoms with Gasteiger partial charge >= 0.3 is 5.97 Å². The number of carboxylic acids is 1. The van der Waals surface area contributed by atoms with Gasteiger partial charge in [0.15, 0.2) is 0 Å². The molecule has 2 aromatic rings. The van der Waals surface area contributed by atoms with Gasteiger partial charge in [0.25, 0.3) is 0 Å². The molecule has 18 heavy (non-hydrogen) atoms. The van der Waals surface area contributed by atoms with Gasteiger partial charge in [-0.15, -0.1) is 0 Å². The van der Waals surface area contributed by atoms with Gasteiger partial charge in [-0.05, 0) is 19.1 Å². The summed E-state index contributed by atoms with van der Waals surface area (Å²) in [6, 6.07) is 5.38. The van der Waals surface area contributed by atoms with E-state index in [9.17, 15) is 9.90 Å². The van der Waals surface area contributed by atoms with Gasteiger partial charge in [0.1, 0.15) is 0 Å². The van der Waals surface area contributed by atoms with Crippen molar-refractivity contribution in [1.82, 2.24) is 4.98 Å². The van der Waals surface area contributed by atoms with E-state index in [0.29, 0.717) is 22.2 Å². The summed E-state index contributed by atoms with van der Waals surface area (Å²) in [5.74, 6) is -0.958. The minimum atomic E-state index is -0.958. The number of halogens is 1. The fourth-order valence-electron chi connectivity index (χ4n) is 1.97. The Morgan fingerprint density at radius 3 is 2.83 bits per heavy atom. The number of rotatable bonds is 3. The van der Waals surface area contributed by atoms with Crippen molar-refractivity contribution in [2.75, 3.05) is 7.11 Å². The highest BCUT2D eigenvalue weighted by atomic mass is 79.9. The van der Waals surface area contributed by atoms with Gasteiger partial charge in [0, 0.05) is 28.2 Å². The van der Waals surface area contributed by atoms with Crippen molar-refractivity contribution >= 4 is 32.8 Å². The second-order valence-electron chi connectivity index (χ2n) is 3.95. The number of ether oxygens (including phenoxy) is 1. The lowest BCUT2D eigenvalue weighted by molar-refractivity contribution is 0.0694. The first kappa shape index (κ1) is 13.0. The van der Waals surface area contributed by atoms with Crippen molar-refractivity contribution in [3.8, 4) is 0 Å². The zero-order valence-corrected chi connectivity index (χ0v) is 11.6. The molecule has 0 amide bonds. The summed E-state index contributed by atoms with van der Waals surface area (Å²) in [4.78, 5) is 15.9. The van der Waals surface area contributed by atoms with E-state index in [1.165, 1.54) is 7.11 Å². The molecule has 1 N–H and O–H groups in total. The van der Waals surface area contributed by atoms with Crippen LogP contribution in [0.15, 0.2) is 22.7 Å². The average molecular weight is 310 g/mol. The fourth-order valence-corrected chi connectivity index (χ4v) is 2.31. The Balaban J connectivity index is 2.84. The molecule has 0 spiro atoms. The smallest absolute Gasteiger partial charge is 0.336 e. The maximum Gasteiger partial charge on any atom is 0.336 e. The Bertz CT molecular complexity index is 625. The number of hydrogen-bond donors (Lipinski definition) is 1. The van der Waals surface area contributed by atoms with Crippen molar-refractivity contribution in [1.29, 1.82) is 0 Å². The highest BCUT2D eigenvalue weighted by molar-refractivity contribution is 9.10. The number of aromatic nitrogens is 1. The number of carboxylic acid groups (broad SMARTS) is 1. The highest BCUT2D eigenvalue weighted by Crippen LogP contribution is 2.26. The van der Waals surface area contributed by atoms with E-state index in [2.05, 4.69) is 20.9 Å². The van der Waals surface area contributed by atoms with E-state index in [4.69, 9.17) is 4.74 Å². The fraction of sp³-hybridized carbons (Fsp3) is 0.231. The van der Waals surface area contributed by atoms with Crippen molar-refractivity contribution in [2.24, 2.45) is 0 Å². The number of methoxy groups -OCH3 is 1. The molecule has 94 valence electrons. The van der Waals surface area contributed by atoms with Crippen LogP contribution in [0, 0.1) is 6.92 Å². The number of carbonyl (C=O) groups is 1. The molecule has 1 aromatic heterocycles. The van der Waals surface area contributed by atoms with E-state index < -0.39 is 5.97 Å². The molecule has 0 bridgehead atoms. The summed E-state index contributed by atoms with van der Waals surface area (Å²) >= 11 is 3.36. The third kappa shape index (κ3) is 2.23. The maximum atomic E-state index is 11.5. The predicted molar refractivity (Wildman–Crippen MR) is 71.9 cm³/mol. The monoisotopic (exact) mass is 309 g/mol. The van der Waals surface area contributed by atoms with Crippen LogP contribution in [0.25, 0.3) is 10.9 Å². The van der Waals surface area contributed by atoms with E-state index in [1.54, 1.807) is 13.0 Å². The van der Waals surface area contributed by atoms with Crippen LogP contribution in [0.2, 0.25) is 0 Å². The molecular formula is C13H12BrNO3. The third-order valence-electron chi connectivity index (χ3n) is 2.76. The molecule has 2 rings (SSSR count). The highest BCUT2D eigenvalue weighted by Gasteiger charge is 2.18. The van der Waals surface area contributed by atoms with E-state index in [-0.39, 0.29) is 12.2 Å². The van der Waals surface area contributed by atoms with E-state index in [0.717, 1.165) is 4.47 Å². The zero-order valence-electron chi connectivity index (χ0n) is 10.0. The van der Waals surface area contributed by atoms with Crippen LogP contribution >= 0.6 is 15.9 Å². The van der Waals surface area contributed by atoms with Gasteiger partial charge in [-0.1, -0.05) is 22.0 Å². The molecule has 1 heterocycles. The second-order valence-corrected chi connectivity index (χ2v) is 4.87. The Morgan fingerprint density at radius 1 is 1.50 bits per heavy atom. The number of pyridine rings is 1. The Morgan fingerprint density at radius 2 is 2.22 bits per heavy atom. The summed E-state index contributed by atoms with van der Waals surface area (Å²) in [5.41, 5.74) is 2.24. The van der Waals surface area contributed by atoms with Gasteiger partial charge < -0.3 is 9.84 Å². The quantitative estimate of drug-likeness (QED) is 0.946. The van der Waals surface area contributed by atoms with Crippen LogP contribution in [0.5, 0.6) is 0 Å². The van der Waals surface area contributed by atoms with Crippen LogP contribution in [0.1, 0.15) is 21.6 Å². The number of fused-ring (bicyclic) bond motifs is 1. The molecule has 0 fully saturated rings. The predicted octanol–water partition coefficient (Wildman–Crippen LogP) is 3.15. The minimum Gasteiger partial charge on any atom is -0.478 e. The Labute approximate surface area is 113 Å². The molecule has 4 nitrogen and oxygen atoms in total. The van der Waals surface area contributed by atoms with Crippen molar-refractivity contribution in [2.45, 2.75) is 13.5 Å². The van der Waals surface area contributed by atoms with E-state index >= 15 is 0 Å². The molecule has 0 radical (unpaired) electrons. The Kier molecular flexibility index (Phi) is 3.63. The molecule has 0 atom stereocenters. The number of nitrogens with zero attached hydrogens (tertiary/aromatic N) is 1. The van der Waals surface area contributed by atoms with Crippen LogP contribution in [0.4, 0.5) is 0 Å². The molecule has 0 unspecified atom stereocenters. The van der Waals surface area contributed by atoms with Crippen LogP contribution < -0.4 is 0 Å². The topological polar surface area (TPSA) is 59.4 Å². The zero-order chi connectivity index (χ0) is 13.3. The summed E-state index contributed by atoms with van der Waals surface area (Å²) in [5, 5.41) is 10.0. The molecule has 0 aliphatic rings. The molecule has 5 heteroatoms. The van der Waals surface area contributed by atoms with Crippen molar-refractivity contribution in [3.05, 3.63) is 39.5 Å². The molecule has 0 saturated carbocycles. The van der Waals surface area contributed by atoms with Crippen molar-refractivity contribution in [3.63, 3.8) is 0 Å². The van der Waals surface area contributed by atoms with Gasteiger partial charge in [-0.2, -0.15) is 0 Å². The van der Waals surface area contributed by atoms with Crippen LogP contribution in [0.3, 0.4) is 0 Å². The molecule has 0 saturated heterocycles. The van der Waals surface area contributed by atoms with Crippen LogP contribution in [-0.4, -0.2) is 23.2 Å². The first-order valence-corrected chi connectivity index (χ1v) is 6.15. The number of hydrogen-bond acceptors (Lipinski definition) is 3. The number of aryl methyl sites for hydroxylation is 1. The largest absolute Gasteiger partial charge is 0.478 e. The lowest BCUT2D eigenvalue weighted by atomic mass is 10.0. The first-order valence-electron chi connectivity index (χ1n) is 5.35. The summed E-state index contributed by atoms with van der Waals surface area (Å²) < 4.78 is 5.93. The summed E-state index contributed by atoms with van der Waals surface area (Å²) in [6.07, 6.45) is 0. The minimum absolute atomic E-state index is 0.243. The molecular weight excluding hydrogens is 298 g/mol. The summed E-state index contributed by atoms with van der Waals surface area (Å²) in [7, 11) is 1.54.